The van der Waals surface area contributed by atoms with E-state index < -0.39 is 0 Å². The third kappa shape index (κ3) is 1.45. The van der Waals surface area contributed by atoms with E-state index in [-0.39, 0.29) is 5.91 Å². The Balaban J connectivity index is 2.31. The Bertz CT molecular complexity index is 583. The summed E-state index contributed by atoms with van der Waals surface area (Å²) in [5.41, 5.74) is 4.96. The second-order valence-corrected chi connectivity index (χ2v) is 4.16. The topological polar surface area (TPSA) is 57.8 Å². The van der Waals surface area contributed by atoms with Gasteiger partial charge in [-0.05, 0) is 30.5 Å². The summed E-state index contributed by atoms with van der Waals surface area (Å²) in [5, 5.41) is 9.82. The number of nitrogens with one attached hydrogen (secondary N) is 2. The van der Waals surface area contributed by atoms with Crippen LogP contribution in [0.3, 0.4) is 0 Å². The van der Waals surface area contributed by atoms with Gasteiger partial charge in [-0.3, -0.25) is 9.89 Å². The highest BCUT2D eigenvalue weighted by atomic mass is 16.1. The molecule has 3 aliphatic rings. The number of aromatic nitrogens is 2. The Morgan fingerprint density at radius 3 is 3.24 bits per heavy atom. The molecule has 0 aromatic carbocycles. The summed E-state index contributed by atoms with van der Waals surface area (Å²) in [5.74, 6) is -0.0240. The first-order chi connectivity index (χ1) is 8.31. The second kappa shape index (κ2) is 3.73. The van der Waals surface area contributed by atoms with E-state index in [4.69, 9.17) is 0 Å². The van der Waals surface area contributed by atoms with Crippen molar-refractivity contribution in [2.45, 2.75) is 12.8 Å². The maximum atomic E-state index is 11.8. The third-order valence-electron chi connectivity index (χ3n) is 3.19. The molecule has 0 saturated heterocycles. The highest BCUT2D eigenvalue weighted by molar-refractivity contribution is 6.01. The summed E-state index contributed by atoms with van der Waals surface area (Å²) >= 11 is 0. The van der Waals surface area contributed by atoms with Crippen LogP contribution in [0.15, 0.2) is 18.3 Å². The summed E-state index contributed by atoms with van der Waals surface area (Å²) in [7, 11) is 1.66. The maximum Gasteiger partial charge on any atom is 0.251 e. The van der Waals surface area contributed by atoms with Crippen LogP contribution in [0.5, 0.6) is 0 Å². The molecule has 86 valence electrons. The van der Waals surface area contributed by atoms with Gasteiger partial charge in [0.2, 0.25) is 0 Å². The van der Waals surface area contributed by atoms with Crippen LogP contribution in [0.25, 0.3) is 17.2 Å². The summed E-state index contributed by atoms with van der Waals surface area (Å²) in [4.78, 5) is 11.8. The van der Waals surface area contributed by atoms with Gasteiger partial charge in [-0.1, -0.05) is 6.08 Å². The second-order valence-electron chi connectivity index (χ2n) is 4.16. The van der Waals surface area contributed by atoms with Crippen molar-refractivity contribution in [3.05, 3.63) is 35.2 Å². The number of amides is 1. The third-order valence-corrected chi connectivity index (χ3v) is 3.19. The van der Waals surface area contributed by atoms with E-state index in [1.165, 1.54) is 0 Å². The molecule has 2 aliphatic carbocycles. The van der Waals surface area contributed by atoms with Gasteiger partial charge in [0.1, 0.15) is 0 Å². The molecular formula is C13H13N3O. The Labute approximate surface area is 99.1 Å². The molecule has 0 radical (unpaired) electrons. The van der Waals surface area contributed by atoms with E-state index in [0.717, 1.165) is 40.8 Å². The fourth-order valence-electron chi connectivity index (χ4n) is 2.41. The Hall–Kier alpha value is -2.10. The monoisotopic (exact) mass is 227 g/mol. The number of hydrogen-bond donors (Lipinski definition) is 2. The normalized spacial score (nSPS) is 13.7. The average Bonchev–Trinajstić information content (AvgIpc) is 2.58. The van der Waals surface area contributed by atoms with Crippen LogP contribution < -0.4 is 5.32 Å². The molecule has 4 nitrogen and oxygen atoms in total. The molecule has 0 unspecified atom stereocenters. The molecule has 0 fully saturated rings. The molecule has 1 amide bonds. The van der Waals surface area contributed by atoms with Crippen molar-refractivity contribution in [3.8, 4) is 11.1 Å². The standard InChI is InChI=1S/C13H13N3O/c1-14-13(17)10-6-8-7-15-16-11-5-3-2-4-9(10)12(8)11/h3,5-7,15H,2,4H2,1H3,(H,14,17). The van der Waals surface area contributed by atoms with Gasteiger partial charge in [-0.25, -0.2) is 0 Å². The van der Waals surface area contributed by atoms with Crippen LogP contribution in [0.2, 0.25) is 0 Å². The minimum Gasteiger partial charge on any atom is -0.355 e. The molecule has 0 saturated carbocycles. The first kappa shape index (κ1) is 10.1. The number of rotatable bonds is 1. The van der Waals surface area contributed by atoms with Crippen LogP contribution in [0.1, 0.15) is 28.0 Å². The van der Waals surface area contributed by atoms with Crippen LogP contribution in [0.4, 0.5) is 0 Å². The number of aromatic amines is 1. The van der Waals surface area contributed by atoms with E-state index in [2.05, 4.69) is 21.6 Å². The first-order valence-electron chi connectivity index (χ1n) is 5.69. The zero-order valence-electron chi connectivity index (χ0n) is 9.58. The number of nitrogens with zero attached hydrogens (tertiary/aromatic N) is 1. The zero-order valence-corrected chi connectivity index (χ0v) is 9.58. The number of carbonyl (C=O) groups is 1. The van der Waals surface area contributed by atoms with Crippen molar-refractivity contribution < 1.29 is 4.79 Å². The van der Waals surface area contributed by atoms with E-state index in [1.807, 2.05) is 18.3 Å². The molecular weight excluding hydrogens is 214 g/mol. The lowest BCUT2D eigenvalue weighted by Crippen LogP contribution is -2.18. The van der Waals surface area contributed by atoms with Crippen molar-refractivity contribution in [3.63, 3.8) is 0 Å². The molecule has 17 heavy (non-hydrogen) atoms. The Kier molecular flexibility index (Phi) is 2.21. The van der Waals surface area contributed by atoms with Crippen molar-refractivity contribution in [1.82, 2.24) is 15.5 Å². The largest absolute Gasteiger partial charge is 0.355 e. The minimum absolute atomic E-state index is 0.0240. The lowest BCUT2D eigenvalue weighted by atomic mass is 10.0. The molecule has 4 heteroatoms. The van der Waals surface area contributed by atoms with E-state index in [0.29, 0.717) is 0 Å². The van der Waals surface area contributed by atoms with Crippen LogP contribution in [-0.4, -0.2) is 23.2 Å². The molecule has 3 rings (SSSR count). The van der Waals surface area contributed by atoms with Crippen molar-refractivity contribution in [2.24, 2.45) is 0 Å². The highest BCUT2D eigenvalue weighted by Gasteiger charge is 2.23. The molecule has 0 bridgehead atoms. The quantitative estimate of drug-likeness (QED) is 0.781. The van der Waals surface area contributed by atoms with E-state index >= 15 is 0 Å². The van der Waals surface area contributed by atoms with Crippen LogP contribution >= 0.6 is 0 Å². The number of allylic oxidation sites excluding steroid dienone is 1. The number of H-pyrrole nitrogens is 1. The Morgan fingerprint density at radius 2 is 2.41 bits per heavy atom. The van der Waals surface area contributed by atoms with Gasteiger partial charge >= 0.3 is 0 Å². The fourth-order valence-corrected chi connectivity index (χ4v) is 2.41. The van der Waals surface area contributed by atoms with E-state index in [1.54, 1.807) is 7.05 Å². The van der Waals surface area contributed by atoms with Gasteiger partial charge in [0.05, 0.1) is 5.69 Å². The number of hydrogen-bond acceptors (Lipinski definition) is 2. The van der Waals surface area contributed by atoms with Gasteiger partial charge < -0.3 is 5.32 Å². The highest BCUT2D eigenvalue weighted by Crippen LogP contribution is 2.36. The van der Waals surface area contributed by atoms with Gasteiger partial charge in [0, 0.05) is 29.9 Å². The van der Waals surface area contributed by atoms with Gasteiger partial charge in [-0.2, -0.15) is 5.10 Å². The van der Waals surface area contributed by atoms with Crippen molar-refractivity contribution >= 4 is 12.0 Å². The van der Waals surface area contributed by atoms with Gasteiger partial charge in [0.15, 0.2) is 0 Å². The summed E-state index contributed by atoms with van der Waals surface area (Å²) in [6.07, 6.45) is 7.79. The lowest BCUT2D eigenvalue weighted by Gasteiger charge is -2.05. The number of carbonyl (C=O) groups excluding carboxylic acids is 1. The smallest absolute Gasteiger partial charge is 0.251 e. The molecule has 0 atom stereocenters. The predicted octanol–water partition coefficient (Wildman–Crippen LogP) is 1.83. The SMILES string of the molecule is CNC(=O)c1cc2c[nH]nc3c-2c1CCC=C3. The van der Waals surface area contributed by atoms with E-state index in [9.17, 15) is 4.79 Å². The van der Waals surface area contributed by atoms with Crippen LogP contribution in [0, 0.1) is 0 Å². The summed E-state index contributed by atoms with van der Waals surface area (Å²) in [6, 6.07) is 1.93. The molecule has 1 heterocycles. The van der Waals surface area contributed by atoms with Crippen molar-refractivity contribution in [2.75, 3.05) is 7.05 Å². The lowest BCUT2D eigenvalue weighted by molar-refractivity contribution is 0.0962. The zero-order chi connectivity index (χ0) is 11.8. The summed E-state index contributed by atoms with van der Waals surface area (Å²) in [6.45, 7) is 0. The fraction of sp³-hybridized carbons (Fsp3) is 0.231. The van der Waals surface area contributed by atoms with Crippen molar-refractivity contribution in [1.29, 1.82) is 0 Å². The van der Waals surface area contributed by atoms with Gasteiger partial charge in [-0.15, -0.1) is 0 Å². The average molecular weight is 227 g/mol. The predicted molar refractivity (Wildman–Crippen MR) is 66.0 cm³/mol. The molecule has 0 spiro atoms. The Morgan fingerprint density at radius 1 is 1.53 bits per heavy atom. The minimum atomic E-state index is -0.0240. The molecule has 1 aliphatic heterocycles. The molecule has 2 N–H and O–H groups in total. The molecule has 0 aromatic heterocycles. The molecule has 0 aromatic rings. The summed E-state index contributed by atoms with van der Waals surface area (Å²) < 4.78 is 0. The maximum absolute atomic E-state index is 11.8. The first-order valence-corrected chi connectivity index (χ1v) is 5.69. The van der Waals surface area contributed by atoms with Gasteiger partial charge in [0.25, 0.3) is 5.91 Å². The van der Waals surface area contributed by atoms with Crippen LogP contribution in [-0.2, 0) is 6.42 Å².